The predicted octanol–water partition coefficient (Wildman–Crippen LogP) is 4.54. The number of carbonyl (C=O) groups is 3. The number of nitrogens with zero attached hydrogens (tertiary/aromatic N) is 2. The van der Waals surface area contributed by atoms with E-state index in [4.69, 9.17) is 14.2 Å². The van der Waals surface area contributed by atoms with E-state index in [0.717, 1.165) is 22.2 Å². The monoisotopic (exact) mass is 550 g/mol. The van der Waals surface area contributed by atoms with Gasteiger partial charge in [-0.15, -0.1) is 0 Å². The summed E-state index contributed by atoms with van der Waals surface area (Å²) >= 11 is 4.15. The van der Waals surface area contributed by atoms with E-state index in [1.165, 1.54) is 25.3 Å². The molecule has 0 N–H and O–H groups in total. The molecule has 0 radical (unpaired) electrons. The number of hydrogen-bond donors (Lipinski definition) is 0. The van der Waals surface area contributed by atoms with Crippen LogP contribution < -0.4 is 9.47 Å². The van der Waals surface area contributed by atoms with Gasteiger partial charge in [0.05, 0.1) is 28.0 Å². The van der Waals surface area contributed by atoms with Crippen molar-refractivity contribution < 1.29 is 33.5 Å². The van der Waals surface area contributed by atoms with Gasteiger partial charge in [0.25, 0.3) is 16.8 Å². The Morgan fingerprint density at radius 3 is 2.56 bits per heavy atom. The summed E-state index contributed by atoms with van der Waals surface area (Å²) in [5.41, 5.74) is 1.27. The number of nitro groups is 1. The number of benzene rings is 2. The molecule has 0 spiro atoms. The first-order chi connectivity index (χ1) is 16.2. The van der Waals surface area contributed by atoms with Crippen molar-refractivity contribution in [1.29, 1.82) is 0 Å². The molecule has 0 atom stereocenters. The van der Waals surface area contributed by atoms with E-state index >= 15 is 0 Å². The van der Waals surface area contributed by atoms with Crippen LogP contribution in [0, 0.1) is 10.1 Å². The maximum absolute atomic E-state index is 12.6. The SMILES string of the molecule is CCOC(=O)CN1C(=O)S/C(=C/c2cc(Br)c(OCc3ccc([N+](=O)[O-])cc3)c(OC)c2)C1=O. The summed E-state index contributed by atoms with van der Waals surface area (Å²) in [4.78, 5) is 47.7. The second-order valence-corrected chi connectivity index (χ2v) is 8.67. The highest BCUT2D eigenvalue weighted by atomic mass is 79.9. The van der Waals surface area contributed by atoms with Gasteiger partial charge in [0.15, 0.2) is 11.5 Å². The third kappa shape index (κ3) is 5.94. The number of hydrogen-bond acceptors (Lipinski definition) is 9. The zero-order chi connectivity index (χ0) is 24.8. The summed E-state index contributed by atoms with van der Waals surface area (Å²) in [5, 5.41) is 10.2. The number of thioether (sulfide) groups is 1. The second kappa shape index (κ2) is 11.2. The topological polar surface area (TPSA) is 125 Å². The number of rotatable bonds is 9. The molecular formula is C22H19BrN2O8S. The zero-order valence-corrected chi connectivity index (χ0v) is 20.5. The lowest BCUT2D eigenvalue weighted by atomic mass is 10.1. The molecule has 0 unspecified atom stereocenters. The summed E-state index contributed by atoms with van der Waals surface area (Å²) < 4.78 is 16.6. The molecule has 2 aromatic carbocycles. The molecule has 1 saturated heterocycles. The Morgan fingerprint density at radius 2 is 1.94 bits per heavy atom. The van der Waals surface area contributed by atoms with Crippen molar-refractivity contribution in [3.63, 3.8) is 0 Å². The van der Waals surface area contributed by atoms with E-state index in [0.29, 0.717) is 21.5 Å². The third-order valence-corrected chi connectivity index (χ3v) is 6.04. The van der Waals surface area contributed by atoms with Gasteiger partial charge in [-0.25, -0.2) is 0 Å². The van der Waals surface area contributed by atoms with Crippen molar-refractivity contribution in [3.8, 4) is 11.5 Å². The molecule has 1 heterocycles. The van der Waals surface area contributed by atoms with Crippen LogP contribution in [0.4, 0.5) is 10.5 Å². The van der Waals surface area contributed by atoms with Crippen LogP contribution in [0.25, 0.3) is 6.08 Å². The number of esters is 1. The Kier molecular flexibility index (Phi) is 8.29. The lowest BCUT2D eigenvalue weighted by Crippen LogP contribution is -2.34. The number of amides is 2. The molecule has 34 heavy (non-hydrogen) atoms. The number of non-ortho nitro benzene ring substituents is 1. The molecule has 2 aromatic rings. The van der Waals surface area contributed by atoms with Crippen LogP contribution in [-0.4, -0.2) is 47.2 Å². The fourth-order valence-electron chi connectivity index (χ4n) is 2.96. The molecule has 0 saturated carbocycles. The Labute approximate surface area is 207 Å². The van der Waals surface area contributed by atoms with Gasteiger partial charge in [0, 0.05) is 12.1 Å². The van der Waals surface area contributed by atoms with E-state index in [2.05, 4.69) is 15.9 Å². The van der Waals surface area contributed by atoms with Crippen molar-refractivity contribution >= 4 is 56.6 Å². The van der Waals surface area contributed by atoms with Crippen molar-refractivity contribution in [2.24, 2.45) is 0 Å². The van der Waals surface area contributed by atoms with Crippen molar-refractivity contribution in [3.05, 3.63) is 67.0 Å². The van der Waals surface area contributed by atoms with Gasteiger partial charge in [-0.1, -0.05) is 0 Å². The Bertz CT molecular complexity index is 1170. The van der Waals surface area contributed by atoms with E-state index in [-0.39, 0.29) is 23.8 Å². The van der Waals surface area contributed by atoms with Gasteiger partial charge in [-0.3, -0.25) is 29.4 Å². The van der Waals surface area contributed by atoms with E-state index in [1.54, 1.807) is 31.2 Å². The number of imide groups is 1. The molecule has 3 rings (SSSR count). The highest BCUT2D eigenvalue weighted by Gasteiger charge is 2.36. The lowest BCUT2D eigenvalue weighted by Gasteiger charge is -2.14. The van der Waals surface area contributed by atoms with Crippen LogP contribution in [0.3, 0.4) is 0 Å². The molecule has 12 heteroatoms. The smallest absolute Gasteiger partial charge is 0.326 e. The minimum Gasteiger partial charge on any atom is -0.493 e. The number of ether oxygens (including phenoxy) is 3. The van der Waals surface area contributed by atoms with Gasteiger partial charge in [0.1, 0.15) is 13.2 Å². The third-order valence-electron chi connectivity index (χ3n) is 4.55. The Hall–Kier alpha value is -3.38. The van der Waals surface area contributed by atoms with Gasteiger partial charge in [-0.05, 0) is 76.1 Å². The summed E-state index contributed by atoms with van der Waals surface area (Å²) in [6.45, 7) is 1.48. The molecule has 1 aliphatic rings. The maximum Gasteiger partial charge on any atom is 0.326 e. The molecule has 10 nitrogen and oxygen atoms in total. The first-order valence-corrected chi connectivity index (χ1v) is 11.5. The number of methoxy groups -OCH3 is 1. The zero-order valence-electron chi connectivity index (χ0n) is 18.1. The average molecular weight is 551 g/mol. The van der Waals surface area contributed by atoms with E-state index < -0.39 is 28.6 Å². The molecule has 0 aliphatic carbocycles. The predicted molar refractivity (Wildman–Crippen MR) is 127 cm³/mol. The summed E-state index contributed by atoms with van der Waals surface area (Å²) in [6, 6.07) is 9.30. The first-order valence-electron chi connectivity index (χ1n) is 9.88. The molecular weight excluding hydrogens is 532 g/mol. The van der Waals surface area contributed by atoms with Crippen LogP contribution >= 0.6 is 27.7 Å². The van der Waals surface area contributed by atoms with Crippen LogP contribution in [0.15, 0.2) is 45.8 Å². The number of nitro benzene ring substituents is 1. The quantitative estimate of drug-likeness (QED) is 0.191. The summed E-state index contributed by atoms with van der Waals surface area (Å²) in [5.74, 6) is -0.483. The van der Waals surface area contributed by atoms with Crippen molar-refractivity contribution in [2.75, 3.05) is 20.3 Å². The molecule has 178 valence electrons. The van der Waals surface area contributed by atoms with Crippen molar-refractivity contribution in [2.45, 2.75) is 13.5 Å². The highest BCUT2D eigenvalue weighted by Crippen LogP contribution is 2.39. The second-order valence-electron chi connectivity index (χ2n) is 6.82. The minimum absolute atomic E-state index is 0.0152. The van der Waals surface area contributed by atoms with Crippen LogP contribution in [0.1, 0.15) is 18.1 Å². The largest absolute Gasteiger partial charge is 0.493 e. The van der Waals surface area contributed by atoms with Gasteiger partial charge in [0.2, 0.25) is 0 Å². The lowest BCUT2D eigenvalue weighted by molar-refractivity contribution is -0.384. The summed E-state index contributed by atoms with van der Waals surface area (Å²) in [7, 11) is 1.46. The van der Waals surface area contributed by atoms with Crippen LogP contribution in [0.5, 0.6) is 11.5 Å². The molecule has 1 fully saturated rings. The fourth-order valence-corrected chi connectivity index (χ4v) is 4.37. The number of halogens is 1. The van der Waals surface area contributed by atoms with E-state index in [9.17, 15) is 24.5 Å². The van der Waals surface area contributed by atoms with Crippen LogP contribution in [0.2, 0.25) is 0 Å². The number of carbonyl (C=O) groups excluding carboxylic acids is 3. The van der Waals surface area contributed by atoms with Crippen molar-refractivity contribution in [1.82, 2.24) is 4.90 Å². The fraction of sp³-hybridized carbons (Fsp3) is 0.227. The maximum atomic E-state index is 12.6. The Morgan fingerprint density at radius 1 is 1.24 bits per heavy atom. The van der Waals surface area contributed by atoms with Crippen LogP contribution in [-0.2, 0) is 20.9 Å². The molecule has 0 bridgehead atoms. The molecule has 1 aliphatic heterocycles. The van der Waals surface area contributed by atoms with Gasteiger partial charge in [-0.2, -0.15) is 0 Å². The normalized spacial score (nSPS) is 14.4. The van der Waals surface area contributed by atoms with E-state index in [1.807, 2.05) is 0 Å². The highest BCUT2D eigenvalue weighted by molar-refractivity contribution is 9.10. The van der Waals surface area contributed by atoms with Gasteiger partial charge >= 0.3 is 5.97 Å². The Balaban J connectivity index is 1.77. The summed E-state index contributed by atoms with van der Waals surface area (Å²) in [6.07, 6.45) is 1.52. The standard InChI is InChI=1S/C22H19BrN2O8S/c1-3-32-19(26)11-24-21(27)18(34-22(24)28)10-14-8-16(23)20(17(9-14)31-2)33-12-13-4-6-15(7-5-13)25(29)30/h4-10H,3,11-12H2,1-2H3/b18-10+. The minimum atomic E-state index is -0.662. The first kappa shape index (κ1) is 25.2. The molecule has 2 amide bonds. The molecule has 0 aromatic heterocycles. The van der Waals surface area contributed by atoms with Gasteiger partial charge < -0.3 is 14.2 Å². The average Bonchev–Trinajstić information content (AvgIpc) is 3.05.